The molecule has 0 atom stereocenters. The number of carbonyl (C=O) groups is 2. The van der Waals surface area contributed by atoms with E-state index >= 15 is 0 Å². The quantitative estimate of drug-likeness (QED) is 0.418. The van der Waals surface area contributed by atoms with Crippen LogP contribution in [0.25, 0.3) is 0 Å². The fraction of sp³-hybridized carbons (Fsp3) is 0.800. The molecular weight excluding hydrogens is 362 g/mol. The highest BCUT2D eigenvalue weighted by Crippen LogP contribution is 2.21. The van der Waals surface area contributed by atoms with Crippen LogP contribution < -0.4 is 11.1 Å². The zero-order valence-corrected chi connectivity index (χ0v) is 18.2. The molecule has 0 aromatic carbocycles. The average molecular weight is 400 g/mol. The van der Waals surface area contributed by atoms with Crippen molar-refractivity contribution in [1.82, 2.24) is 10.2 Å². The van der Waals surface area contributed by atoms with Gasteiger partial charge < -0.3 is 19.9 Å². The van der Waals surface area contributed by atoms with Gasteiger partial charge in [-0.2, -0.15) is 0 Å². The van der Waals surface area contributed by atoms with Crippen molar-refractivity contribution >= 4 is 11.8 Å². The molecule has 0 aromatic rings. The minimum absolute atomic E-state index is 0.238. The summed E-state index contributed by atoms with van der Waals surface area (Å²) < 4.78 is 16.0. The SMILES string of the molecule is COCCOC(C)(C)C(N)=CC(=O)NC(=O)C(C)(C)N(C)CC1CCOCC1. The van der Waals surface area contributed by atoms with Crippen LogP contribution in [-0.2, 0) is 23.8 Å². The number of hydrogen-bond donors (Lipinski definition) is 2. The summed E-state index contributed by atoms with van der Waals surface area (Å²) in [6.07, 6.45) is 3.18. The molecule has 28 heavy (non-hydrogen) atoms. The van der Waals surface area contributed by atoms with Gasteiger partial charge in [-0.3, -0.25) is 19.8 Å². The second-order valence-corrected chi connectivity index (χ2v) is 8.26. The Hall–Kier alpha value is -1.48. The molecule has 1 fully saturated rings. The molecule has 0 bridgehead atoms. The van der Waals surface area contributed by atoms with Gasteiger partial charge in [-0.15, -0.1) is 0 Å². The van der Waals surface area contributed by atoms with Crippen molar-refractivity contribution < 1.29 is 23.8 Å². The molecule has 1 rings (SSSR count). The first-order valence-electron chi connectivity index (χ1n) is 9.75. The average Bonchev–Trinajstić information content (AvgIpc) is 2.62. The van der Waals surface area contributed by atoms with E-state index in [1.807, 2.05) is 11.9 Å². The molecule has 0 radical (unpaired) electrons. The third-order valence-electron chi connectivity index (χ3n) is 5.35. The van der Waals surface area contributed by atoms with E-state index in [1.54, 1.807) is 34.8 Å². The largest absolute Gasteiger partial charge is 0.400 e. The number of amides is 2. The minimum atomic E-state index is -0.839. The number of nitrogens with zero attached hydrogens (tertiary/aromatic N) is 1. The molecule has 0 aromatic heterocycles. The molecular formula is C20H37N3O5. The predicted molar refractivity (Wildman–Crippen MR) is 108 cm³/mol. The maximum Gasteiger partial charge on any atom is 0.252 e. The lowest BCUT2D eigenvalue weighted by Crippen LogP contribution is -2.55. The fourth-order valence-corrected chi connectivity index (χ4v) is 2.80. The number of carbonyl (C=O) groups excluding carboxylic acids is 2. The van der Waals surface area contributed by atoms with Crippen LogP contribution in [0.5, 0.6) is 0 Å². The summed E-state index contributed by atoms with van der Waals surface area (Å²) >= 11 is 0. The third kappa shape index (κ3) is 7.50. The van der Waals surface area contributed by atoms with Crippen LogP contribution in [0.2, 0.25) is 0 Å². The summed E-state index contributed by atoms with van der Waals surface area (Å²) in [6.45, 7) is 10.2. The molecule has 1 saturated heterocycles. The first-order valence-corrected chi connectivity index (χ1v) is 9.75. The number of nitrogens with two attached hydrogens (primary N) is 1. The van der Waals surface area contributed by atoms with Gasteiger partial charge >= 0.3 is 0 Å². The van der Waals surface area contributed by atoms with E-state index in [-0.39, 0.29) is 11.6 Å². The smallest absolute Gasteiger partial charge is 0.252 e. The molecule has 162 valence electrons. The number of imide groups is 1. The molecule has 0 unspecified atom stereocenters. The molecule has 2 amide bonds. The lowest BCUT2D eigenvalue weighted by atomic mass is 9.95. The molecule has 0 aliphatic carbocycles. The highest BCUT2D eigenvalue weighted by atomic mass is 16.5. The standard InChI is InChI=1S/C20H37N3O5/c1-19(2,23(5)14-15-7-9-27-10-8-15)18(25)22-17(24)13-16(21)20(3,4)28-12-11-26-6/h13,15H,7-12,14,21H2,1-6H3,(H,22,24,25). The summed E-state index contributed by atoms with van der Waals surface area (Å²) in [5.74, 6) is -0.435. The van der Waals surface area contributed by atoms with E-state index in [0.29, 0.717) is 19.1 Å². The van der Waals surface area contributed by atoms with Crippen molar-refractivity contribution in [3.05, 3.63) is 11.8 Å². The van der Waals surface area contributed by atoms with Crippen molar-refractivity contribution in [1.29, 1.82) is 0 Å². The van der Waals surface area contributed by atoms with Gasteiger partial charge in [0.2, 0.25) is 5.91 Å². The molecule has 1 aliphatic rings. The van der Waals surface area contributed by atoms with Crippen molar-refractivity contribution in [3.8, 4) is 0 Å². The van der Waals surface area contributed by atoms with Crippen molar-refractivity contribution in [2.75, 3.05) is 47.1 Å². The molecule has 0 spiro atoms. The predicted octanol–water partition coefficient (Wildman–Crippen LogP) is 1.05. The van der Waals surface area contributed by atoms with Gasteiger partial charge in [-0.05, 0) is 53.5 Å². The topological polar surface area (TPSA) is 103 Å². The van der Waals surface area contributed by atoms with Crippen LogP contribution in [0.1, 0.15) is 40.5 Å². The zero-order chi connectivity index (χ0) is 21.4. The second kappa shape index (κ2) is 10.9. The van der Waals surface area contributed by atoms with Gasteiger partial charge in [0.05, 0.1) is 18.8 Å². The second-order valence-electron chi connectivity index (χ2n) is 8.26. The van der Waals surface area contributed by atoms with Gasteiger partial charge in [0, 0.05) is 38.6 Å². The van der Waals surface area contributed by atoms with Crippen molar-refractivity contribution in [3.63, 3.8) is 0 Å². The maximum atomic E-state index is 12.7. The van der Waals surface area contributed by atoms with E-state index in [4.69, 9.17) is 19.9 Å². The highest BCUT2D eigenvalue weighted by molar-refractivity contribution is 6.04. The Kier molecular flexibility index (Phi) is 9.56. The summed E-state index contributed by atoms with van der Waals surface area (Å²) in [7, 11) is 3.48. The minimum Gasteiger partial charge on any atom is -0.400 e. The Morgan fingerprint density at radius 2 is 1.82 bits per heavy atom. The Balaban J connectivity index is 2.63. The maximum absolute atomic E-state index is 12.7. The van der Waals surface area contributed by atoms with Gasteiger partial charge in [0.15, 0.2) is 0 Å². The van der Waals surface area contributed by atoms with Crippen LogP contribution in [0.4, 0.5) is 0 Å². The Labute approximate surface area is 168 Å². The number of rotatable bonds is 10. The number of nitrogens with one attached hydrogen (secondary N) is 1. The van der Waals surface area contributed by atoms with Crippen LogP contribution in [0.3, 0.4) is 0 Å². The molecule has 8 heteroatoms. The molecule has 1 heterocycles. The number of ether oxygens (including phenoxy) is 3. The highest BCUT2D eigenvalue weighted by Gasteiger charge is 2.34. The van der Waals surface area contributed by atoms with Gasteiger partial charge in [0.1, 0.15) is 5.60 Å². The monoisotopic (exact) mass is 399 g/mol. The fourth-order valence-electron chi connectivity index (χ4n) is 2.80. The Morgan fingerprint density at radius 3 is 2.39 bits per heavy atom. The van der Waals surface area contributed by atoms with Crippen LogP contribution >= 0.6 is 0 Å². The van der Waals surface area contributed by atoms with Crippen molar-refractivity contribution in [2.45, 2.75) is 51.7 Å². The lowest BCUT2D eigenvalue weighted by molar-refractivity contribution is -0.135. The Morgan fingerprint density at radius 1 is 1.21 bits per heavy atom. The van der Waals surface area contributed by atoms with E-state index in [1.165, 1.54) is 6.08 Å². The third-order valence-corrected chi connectivity index (χ3v) is 5.35. The van der Waals surface area contributed by atoms with E-state index < -0.39 is 17.0 Å². The Bertz CT molecular complexity index is 554. The first kappa shape index (κ1) is 24.6. The van der Waals surface area contributed by atoms with Crippen LogP contribution in [0.15, 0.2) is 11.8 Å². The molecule has 3 N–H and O–H groups in total. The van der Waals surface area contributed by atoms with E-state index in [2.05, 4.69) is 5.32 Å². The van der Waals surface area contributed by atoms with E-state index in [0.717, 1.165) is 32.6 Å². The summed E-state index contributed by atoms with van der Waals surface area (Å²) in [6, 6.07) is 0. The number of methoxy groups -OCH3 is 1. The molecule has 0 saturated carbocycles. The first-order chi connectivity index (χ1) is 13.0. The van der Waals surface area contributed by atoms with Crippen LogP contribution in [-0.4, -0.2) is 75.0 Å². The lowest BCUT2D eigenvalue weighted by Gasteiger charge is -2.37. The summed E-state index contributed by atoms with van der Waals surface area (Å²) in [4.78, 5) is 27.0. The molecule has 8 nitrogen and oxygen atoms in total. The number of hydrogen-bond acceptors (Lipinski definition) is 7. The number of likely N-dealkylation sites (N-methyl/N-ethyl adjacent to an activating group) is 1. The normalized spacial score (nSPS) is 17.0. The van der Waals surface area contributed by atoms with Crippen molar-refractivity contribution in [2.24, 2.45) is 11.7 Å². The summed E-state index contributed by atoms with van der Waals surface area (Å²) in [5.41, 5.74) is 4.57. The van der Waals surface area contributed by atoms with Gasteiger partial charge in [-0.25, -0.2) is 0 Å². The zero-order valence-electron chi connectivity index (χ0n) is 18.2. The van der Waals surface area contributed by atoms with Crippen LogP contribution in [0, 0.1) is 5.92 Å². The van der Waals surface area contributed by atoms with Gasteiger partial charge in [-0.1, -0.05) is 0 Å². The van der Waals surface area contributed by atoms with Gasteiger partial charge in [0.25, 0.3) is 5.91 Å². The summed E-state index contributed by atoms with van der Waals surface area (Å²) in [5, 5.41) is 2.43. The molecule has 1 aliphatic heterocycles. The van der Waals surface area contributed by atoms with E-state index in [9.17, 15) is 9.59 Å².